The number of hydrogen-bond acceptors (Lipinski definition) is 4. The van der Waals surface area contributed by atoms with Crippen LogP contribution >= 0.6 is 0 Å². The molecule has 0 aliphatic heterocycles. The molecular weight excluding hydrogens is 280 g/mol. The monoisotopic (exact) mass is 306 g/mol. The number of ketones is 3. The first kappa shape index (κ1) is 18.3. The van der Waals surface area contributed by atoms with Crippen LogP contribution in [0.25, 0.3) is 0 Å². The van der Waals surface area contributed by atoms with Crippen molar-refractivity contribution >= 4 is 17.3 Å². The van der Waals surface area contributed by atoms with E-state index in [4.69, 9.17) is 4.74 Å². The van der Waals surface area contributed by atoms with Crippen LogP contribution in [0.3, 0.4) is 0 Å². The highest BCUT2D eigenvalue weighted by Crippen LogP contribution is 2.16. The van der Waals surface area contributed by atoms with Crippen molar-refractivity contribution in [1.82, 2.24) is 0 Å². The van der Waals surface area contributed by atoms with E-state index in [2.05, 4.69) is 6.92 Å². The summed E-state index contributed by atoms with van der Waals surface area (Å²) in [6.07, 6.45) is 11.7. The third-order valence-electron chi connectivity index (χ3n) is 3.82. The van der Waals surface area contributed by atoms with Gasteiger partial charge in [-0.05, 0) is 6.42 Å². The Bertz CT molecular complexity index is 471. The summed E-state index contributed by atoms with van der Waals surface area (Å²) in [4.78, 5) is 35.4. The zero-order chi connectivity index (χ0) is 16.4. The summed E-state index contributed by atoms with van der Waals surface area (Å²) in [6, 6.07) is 0. The number of carbonyl (C=O) groups excluding carboxylic acids is 3. The zero-order valence-corrected chi connectivity index (χ0v) is 13.7. The Morgan fingerprint density at radius 2 is 1.50 bits per heavy atom. The molecule has 0 aromatic heterocycles. The molecule has 4 heteroatoms. The number of hydrogen-bond donors (Lipinski definition) is 0. The highest BCUT2D eigenvalue weighted by molar-refractivity contribution is 6.31. The van der Waals surface area contributed by atoms with Gasteiger partial charge in [0.25, 0.3) is 0 Å². The van der Waals surface area contributed by atoms with Gasteiger partial charge in [-0.1, -0.05) is 51.9 Å². The summed E-state index contributed by atoms with van der Waals surface area (Å²) in [5.74, 6) is -1.09. The maximum Gasteiger partial charge on any atom is 0.221 e. The van der Waals surface area contributed by atoms with Crippen LogP contribution in [-0.4, -0.2) is 24.5 Å². The molecule has 0 aromatic rings. The number of allylic oxidation sites excluding steroid dienone is 3. The van der Waals surface area contributed by atoms with E-state index >= 15 is 0 Å². The molecular formula is C18H26O4. The van der Waals surface area contributed by atoms with Gasteiger partial charge in [-0.15, -0.1) is 0 Å². The molecule has 1 rings (SSSR count). The normalized spacial score (nSPS) is 14.6. The van der Waals surface area contributed by atoms with E-state index in [0.717, 1.165) is 31.4 Å². The van der Waals surface area contributed by atoms with Crippen molar-refractivity contribution < 1.29 is 19.1 Å². The van der Waals surface area contributed by atoms with Crippen LogP contribution in [0.4, 0.5) is 0 Å². The van der Waals surface area contributed by atoms with Crippen LogP contribution in [0.2, 0.25) is 0 Å². The van der Waals surface area contributed by atoms with Crippen LogP contribution in [0.15, 0.2) is 23.5 Å². The molecule has 0 saturated carbocycles. The SMILES string of the molecule is CCCCCCCCCCC(=O)C1=CC(=O)C(OC)=CC1=O. The van der Waals surface area contributed by atoms with Crippen LogP contribution < -0.4 is 0 Å². The van der Waals surface area contributed by atoms with Crippen molar-refractivity contribution in [2.24, 2.45) is 0 Å². The van der Waals surface area contributed by atoms with Gasteiger partial charge in [-0.25, -0.2) is 0 Å². The van der Waals surface area contributed by atoms with E-state index in [-0.39, 0.29) is 17.1 Å². The summed E-state index contributed by atoms with van der Waals surface area (Å²) in [6.45, 7) is 2.20. The lowest BCUT2D eigenvalue weighted by molar-refractivity contribution is -0.122. The first-order valence-electron chi connectivity index (χ1n) is 8.19. The first-order valence-corrected chi connectivity index (χ1v) is 8.19. The third-order valence-corrected chi connectivity index (χ3v) is 3.82. The van der Waals surface area contributed by atoms with Crippen molar-refractivity contribution in [2.45, 2.75) is 64.7 Å². The zero-order valence-electron chi connectivity index (χ0n) is 13.7. The topological polar surface area (TPSA) is 60.4 Å². The van der Waals surface area contributed by atoms with Crippen molar-refractivity contribution in [2.75, 3.05) is 7.11 Å². The van der Waals surface area contributed by atoms with Gasteiger partial charge in [0, 0.05) is 18.6 Å². The Kier molecular flexibility index (Phi) is 8.41. The van der Waals surface area contributed by atoms with E-state index in [1.54, 1.807) is 0 Å². The minimum absolute atomic E-state index is 0.00579. The van der Waals surface area contributed by atoms with Crippen molar-refractivity contribution in [1.29, 1.82) is 0 Å². The predicted octanol–water partition coefficient (Wildman–Crippen LogP) is 3.69. The van der Waals surface area contributed by atoms with Gasteiger partial charge < -0.3 is 4.74 Å². The smallest absolute Gasteiger partial charge is 0.221 e. The number of ether oxygens (including phenoxy) is 1. The highest BCUT2D eigenvalue weighted by Gasteiger charge is 2.25. The van der Waals surface area contributed by atoms with E-state index in [0.29, 0.717) is 6.42 Å². The Labute approximate surface area is 132 Å². The van der Waals surface area contributed by atoms with Gasteiger partial charge >= 0.3 is 0 Å². The van der Waals surface area contributed by atoms with E-state index in [1.165, 1.54) is 39.2 Å². The Balaban J connectivity index is 2.26. The van der Waals surface area contributed by atoms with Gasteiger partial charge in [-0.2, -0.15) is 0 Å². The maximum atomic E-state index is 12.0. The Morgan fingerprint density at radius 1 is 0.909 bits per heavy atom. The highest BCUT2D eigenvalue weighted by atomic mass is 16.5. The van der Waals surface area contributed by atoms with Gasteiger partial charge in [0.05, 0.1) is 12.7 Å². The summed E-state index contributed by atoms with van der Waals surface area (Å²) < 4.78 is 4.79. The fourth-order valence-corrected chi connectivity index (χ4v) is 2.47. The third kappa shape index (κ3) is 5.96. The lowest BCUT2D eigenvalue weighted by atomic mass is 9.95. The van der Waals surface area contributed by atoms with Crippen molar-refractivity contribution in [3.63, 3.8) is 0 Å². The van der Waals surface area contributed by atoms with Gasteiger partial charge in [-0.3, -0.25) is 14.4 Å². The molecule has 0 radical (unpaired) electrons. The molecule has 22 heavy (non-hydrogen) atoms. The maximum absolute atomic E-state index is 12.0. The summed E-state index contributed by atoms with van der Waals surface area (Å²) in [5.41, 5.74) is -0.00579. The standard InChI is InChI=1S/C18H26O4/c1-3-4-5-6-7-8-9-10-11-15(19)14-12-17(21)18(22-2)13-16(14)20/h12-13H,3-11H2,1-2H3. The average molecular weight is 306 g/mol. The molecule has 0 aromatic carbocycles. The quantitative estimate of drug-likeness (QED) is 0.332. The van der Waals surface area contributed by atoms with Crippen LogP contribution in [0.1, 0.15) is 64.7 Å². The lowest BCUT2D eigenvalue weighted by Crippen LogP contribution is -2.19. The van der Waals surface area contributed by atoms with Crippen LogP contribution in [0, 0.1) is 0 Å². The lowest BCUT2D eigenvalue weighted by Gasteiger charge is -2.10. The van der Waals surface area contributed by atoms with Crippen molar-refractivity contribution in [3.8, 4) is 0 Å². The number of Topliss-reactive ketones (excluding diaryl/α,β-unsaturated/α-hetero) is 1. The second kappa shape index (κ2) is 10.1. The molecule has 0 spiro atoms. The van der Waals surface area contributed by atoms with E-state index in [1.807, 2.05) is 0 Å². The molecule has 1 aliphatic carbocycles. The predicted molar refractivity (Wildman–Crippen MR) is 85.4 cm³/mol. The molecule has 0 unspecified atom stereocenters. The molecule has 0 saturated heterocycles. The average Bonchev–Trinajstić information content (AvgIpc) is 2.51. The number of methoxy groups -OCH3 is 1. The minimum Gasteiger partial charge on any atom is -0.493 e. The molecule has 0 heterocycles. The minimum atomic E-state index is -0.430. The summed E-state index contributed by atoms with van der Waals surface area (Å²) >= 11 is 0. The Morgan fingerprint density at radius 3 is 2.09 bits per heavy atom. The molecule has 0 amide bonds. The Hall–Kier alpha value is -1.71. The molecule has 1 aliphatic rings. The van der Waals surface area contributed by atoms with E-state index < -0.39 is 11.6 Å². The van der Waals surface area contributed by atoms with Crippen molar-refractivity contribution in [3.05, 3.63) is 23.5 Å². The van der Waals surface area contributed by atoms with Gasteiger partial charge in [0.15, 0.2) is 17.3 Å². The number of rotatable bonds is 11. The van der Waals surface area contributed by atoms with Crippen LogP contribution in [0.5, 0.6) is 0 Å². The molecule has 0 bridgehead atoms. The fraction of sp³-hybridized carbons (Fsp3) is 0.611. The molecule has 4 nitrogen and oxygen atoms in total. The van der Waals surface area contributed by atoms with Gasteiger partial charge in [0.2, 0.25) is 5.78 Å². The number of unbranched alkanes of at least 4 members (excludes halogenated alkanes) is 7. The van der Waals surface area contributed by atoms with E-state index in [9.17, 15) is 14.4 Å². The molecule has 0 fully saturated rings. The molecule has 122 valence electrons. The van der Waals surface area contributed by atoms with Gasteiger partial charge in [0.1, 0.15) is 0 Å². The van der Waals surface area contributed by atoms with Crippen LogP contribution in [-0.2, 0) is 19.1 Å². The molecule has 0 atom stereocenters. The summed E-state index contributed by atoms with van der Waals surface area (Å²) in [5, 5.41) is 0. The first-order chi connectivity index (χ1) is 10.6. The molecule has 0 N–H and O–H groups in total. The second-order valence-corrected chi connectivity index (χ2v) is 5.65. The summed E-state index contributed by atoms with van der Waals surface area (Å²) in [7, 11) is 1.33. The number of carbonyl (C=O) groups is 3. The largest absolute Gasteiger partial charge is 0.493 e. The second-order valence-electron chi connectivity index (χ2n) is 5.65. The fourth-order valence-electron chi connectivity index (χ4n) is 2.47.